The summed E-state index contributed by atoms with van der Waals surface area (Å²) in [6, 6.07) is 0. The molecular weight excluding hydrogens is 817 g/mol. The van der Waals surface area contributed by atoms with E-state index in [1.165, 1.54) is 70.6 Å². The van der Waals surface area contributed by atoms with Crippen LogP contribution in [-0.4, -0.2) is 0 Å². The van der Waals surface area contributed by atoms with Crippen molar-refractivity contribution in [2.75, 3.05) is 0 Å². The molecule has 4 spiro atoms. The molecule has 0 unspecified atom stereocenters. The normalized spacial score (nSPS) is 45.4. The molecule has 0 heterocycles. The first-order valence-electron chi connectivity index (χ1n) is 33.2. The SMILES string of the molecule is CCCC1CCC(C2CCC3(CC2)CC2(CCC(C4CCC(CC)CC4)CC2)C3)CC1.CCCCCCCCC1CCC(C2CCC3(CC2)CC2(CCC(C4CCC(CCC)CC4)CC2)C3)CC1. The molecule has 0 heteroatoms. The molecule has 0 radical (unpaired) electrons. The highest BCUT2D eigenvalue weighted by atomic mass is 14.6. The molecule has 0 nitrogen and oxygen atoms in total. The van der Waals surface area contributed by atoms with Crippen LogP contribution in [0.2, 0.25) is 0 Å². The first kappa shape index (κ1) is 52.8. The second kappa shape index (κ2) is 25.0. The van der Waals surface area contributed by atoms with Gasteiger partial charge in [-0.1, -0.05) is 156 Å². The lowest BCUT2D eigenvalue weighted by atomic mass is 9.43. The van der Waals surface area contributed by atoms with E-state index in [-0.39, 0.29) is 0 Å². The highest BCUT2D eigenvalue weighted by molar-refractivity contribution is 5.08. The van der Waals surface area contributed by atoms with Gasteiger partial charge < -0.3 is 0 Å². The molecule has 0 aliphatic heterocycles. The van der Waals surface area contributed by atoms with Crippen LogP contribution in [-0.2, 0) is 0 Å². The van der Waals surface area contributed by atoms with Crippen LogP contribution in [0, 0.1) is 92.7 Å². The second-order valence-corrected chi connectivity index (χ2v) is 29.7. The lowest BCUT2D eigenvalue weighted by Crippen LogP contribution is -2.50. The Balaban J connectivity index is 0.000000172. The zero-order valence-corrected chi connectivity index (χ0v) is 46.9. The van der Waals surface area contributed by atoms with E-state index in [0.29, 0.717) is 0 Å². The van der Waals surface area contributed by atoms with Crippen molar-refractivity contribution in [1.82, 2.24) is 0 Å². The zero-order valence-electron chi connectivity index (χ0n) is 46.9. The third kappa shape index (κ3) is 13.4. The number of hydrogen-bond acceptors (Lipinski definition) is 0. The molecule has 392 valence electrons. The molecule has 0 aromatic carbocycles. The first-order valence-corrected chi connectivity index (χ1v) is 33.2. The predicted molar refractivity (Wildman–Crippen MR) is 296 cm³/mol. The molecule has 0 amide bonds. The van der Waals surface area contributed by atoms with E-state index in [1.54, 1.807) is 238 Å². The highest BCUT2D eigenvalue weighted by Gasteiger charge is 2.57. The molecule has 0 bridgehead atoms. The van der Waals surface area contributed by atoms with Crippen LogP contribution < -0.4 is 0 Å². The summed E-state index contributed by atoms with van der Waals surface area (Å²) in [5.41, 5.74) is 3.28. The minimum atomic E-state index is 0.816. The summed E-state index contributed by atoms with van der Waals surface area (Å²) in [4.78, 5) is 0. The van der Waals surface area contributed by atoms with Gasteiger partial charge in [-0.15, -0.1) is 0 Å². The Hall–Kier alpha value is 0. The van der Waals surface area contributed by atoms with Crippen molar-refractivity contribution in [3.8, 4) is 0 Å². The van der Waals surface area contributed by atoms with Gasteiger partial charge in [0.05, 0.1) is 0 Å². The Morgan fingerprint density at radius 2 is 0.485 bits per heavy atom. The van der Waals surface area contributed by atoms with E-state index in [9.17, 15) is 0 Å². The number of unbranched alkanes of at least 4 members (excludes halogenated alkanes) is 5. The van der Waals surface area contributed by atoms with Crippen molar-refractivity contribution < 1.29 is 0 Å². The van der Waals surface area contributed by atoms with Crippen LogP contribution in [0.25, 0.3) is 0 Å². The standard InChI is InChI=1S/C37H66.C31H54/c1-3-5-6-7-8-9-11-31-14-18-33(19-15-31)35-22-26-37(27-23-35)28-36(29-37)24-20-34(21-25-36)32-16-12-30(10-4-2)13-17-32;1-3-5-25-8-12-27(13-9-25)29-16-20-31(21-17-29)22-30(23-31)18-14-28(15-19-30)26-10-6-24(4-2)7-11-26/h30-35H,3-29H2,1-2H3;24-29H,3-23H2,1-2H3. The predicted octanol–water partition coefficient (Wildman–Crippen LogP) is 22.3. The van der Waals surface area contributed by atoms with Crippen LogP contribution in [0.1, 0.15) is 336 Å². The van der Waals surface area contributed by atoms with Crippen molar-refractivity contribution in [2.24, 2.45) is 92.7 Å². The van der Waals surface area contributed by atoms with Crippen LogP contribution in [0.5, 0.6) is 0 Å². The van der Waals surface area contributed by atoms with Crippen molar-refractivity contribution in [3.63, 3.8) is 0 Å². The van der Waals surface area contributed by atoms with Crippen LogP contribution in [0.4, 0.5) is 0 Å². The van der Waals surface area contributed by atoms with E-state index >= 15 is 0 Å². The van der Waals surface area contributed by atoms with Crippen LogP contribution in [0.15, 0.2) is 0 Å². The van der Waals surface area contributed by atoms with Gasteiger partial charge in [-0.3, -0.25) is 0 Å². The molecule has 68 heavy (non-hydrogen) atoms. The maximum Gasteiger partial charge on any atom is -0.0287 e. The Labute approximate surface area is 426 Å². The molecule has 0 saturated heterocycles. The maximum absolute atomic E-state index is 2.41. The molecule has 10 saturated carbocycles. The van der Waals surface area contributed by atoms with E-state index in [0.717, 1.165) is 92.7 Å². The molecule has 0 N–H and O–H groups in total. The Kier molecular flexibility index (Phi) is 19.4. The van der Waals surface area contributed by atoms with Gasteiger partial charge >= 0.3 is 0 Å². The van der Waals surface area contributed by atoms with Crippen molar-refractivity contribution in [3.05, 3.63) is 0 Å². The molecule has 0 atom stereocenters. The molecule has 10 fully saturated rings. The van der Waals surface area contributed by atoms with Gasteiger partial charge in [-0.2, -0.15) is 0 Å². The van der Waals surface area contributed by atoms with Crippen LogP contribution in [0.3, 0.4) is 0 Å². The van der Waals surface area contributed by atoms with Crippen LogP contribution >= 0.6 is 0 Å². The van der Waals surface area contributed by atoms with Gasteiger partial charge in [0.2, 0.25) is 0 Å². The lowest BCUT2D eigenvalue weighted by molar-refractivity contribution is -0.109. The van der Waals surface area contributed by atoms with E-state index < -0.39 is 0 Å². The summed E-state index contributed by atoms with van der Waals surface area (Å²) in [7, 11) is 0. The minimum absolute atomic E-state index is 0.816. The number of rotatable bonds is 16. The Morgan fingerprint density at radius 3 is 0.765 bits per heavy atom. The molecule has 10 rings (SSSR count). The summed E-state index contributed by atoms with van der Waals surface area (Å²) in [6.45, 7) is 9.50. The lowest BCUT2D eigenvalue weighted by Gasteiger charge is -2.62. The zero-order chi connectivity index (χ0) is 46.9. The Bertz CT molecular complexity index is 1370. The topological polar surface area (TPSA) is 0 Å². The smallest absolute Gasteiger partial charge is 0.0287 e. The maximum atomic E-state index is 2.41. The largest absolute Gasteiger partial charge is 0.0654 e. The first-order chi connectivity index (χ1) is 33.2. The average Bonchev–Trinajstić information content (AvgIpc) is 3.36. The third-order valence-electron chi connectivity index (χ3n) is 25.5. The summed E-state index contributed by atoms with van der Waals surface area (Å²) in [6.07, 6.45) is 75.0. The van der Waals surface area contributed by atoms with E-state index in [4.69, 9.17) is 0 Å². The minimum Gasteiger partial charge on any atom is -0.0654 e. The molecule has 10 aliphatic carbocycles. The molecular formula is C68H120. The fourth-order valence-corrected chi connectivity index (χ4v) is 21.3. The molecule has 0 aromatic rings. The summed E-state index contributed by atoms with van der Waals surface area (Å²) in [5, 5.41) is 0. The van der Waals surface area contributed by atoms with E-state index in [2.05, 4.69) is 27.7 Å². The van der Waals surface area contributed by atoms with Gasteiger partial charge in [0.25, 0.3) is 0 Å². The Morgan fingerprint density at radius 1 is 0.235 bits per heavy atom. The monoisotopic (exact) mass is 937 g/mol. The van der Waals surface area contributed by atoms with Crippen molar-refractivity contribution in [1.29, 1.82) is 0 Å². The fourth-order valence-electron chi connectivity index (χ4n) is 21.3. The highest BCUT2D eigenvalue weighted by Crippen LogP contribution is 2.69. The average molecular weight is 938 g/mol. The van der Waals surface area contributed by atoms with Gasteiger partial charge in [0.15, 0.2) is 0 Å². The quantitative estimate of drug-likeness (QED) is 0.135. The molecule has 10 aliphatic rings. The van der Waals surface area contributed by atoms with E-state index in [1.807, 2.05) is 0 Å². The molecule has 0 aromatic heterocycles. The summed E-state index contributed by atoms with van der Waals surface area (Å²) >= 11 is 0. The van der Waals surface area contributed by atoms with Gasteiger partial charge in [-0.05, 0) is 272 Å². The number of hydrogen-bond donors (Lipinski definition) is 0. The summed E-state index contributed by atoms with van der Waals surface area (Å²) in [5.74, 6) is 13.2. The van der Waals surface area contributed by atoms with Gasteiger partial charge in [0.1, 0.15) is 0 Å². The van der Waals surface area contributed by atoms with Gasteiger partial charge in [-0.25, -0.2) is 0 Å². The van der Waals surface area contributed by atoms with Crippen molar-refractivity contribution in [2.45, 2.75) is 336 Å². The third-order valence-corrected chi connectivity index (χ3v) is 25.5. The van der Waals surface area contributed by atoms with Crippen molar-refractivity contribution >= 4 is 0 Å². The summed E-state index contributed by atoms with van der Waals surface area (Å²) < 4.78 is 0. The fraction of sp³-hybridized carbons (Fsp3) is 1.00. The van der Waals surface area contributed by atoms with Gasteiger partial charge in [0, 0.05) is 0 Å². The second-order valence-electron chi connectivity index (χ2n) is 29.7.